The Kier molecular flexibility index (Phi) is 11.5. The van der Waals surface area contributed by atoms with Crippen LogP contribution in [-0.2, 0) is 14.3 Å². The lowest BCUT2D eigenvalue weighted by Crippen LogP contribution is -2.30. The summed E-state index contributed by atoms with van der Waals surface area (Å²) < 4.78 is 10.6. The quantitative estimate of drug-likeness (QED) is 0.0659. The summed E-state index contributed by atoms with van der Waals surface area (Å²) in [5.74, 6) is -1.21. The van der Waals surface area contributed by atoms with Gasteiger partial charge in [0, 0.05) is 27.9 Å². The summed E-state index contributed by atoms with van der Waals surface area (Å²) in [5.41, 5.74) is 1.86. The van der Waals surface area contributed by atoms with Crippen molar-refractivity contribution in [1.82, 2.24) is 5.32 Å². The van der Waals surface area contributed by atoms with Gasteiger partial charge in [0.15, 0.2) is 0 Å². The SMILES string of the molecule is CCCCOC(=O)c1ccc(NC(=O)C(C)Sc2cccc(NC(=O)/C(=C/c3ccco3)NC(=O)c3ccccc3)c2)cc1. The molecule has 0 radical (unpaired) electrons. The third-order valence-electron chi connectivity index (χ3n) is 6.25. The summed E-state index contributed by atoms with van der Waals surface area (Å²) in [6, 6.07) is 25.5. The average molecular weight is 612 g/mol. The number of unbranched alkanes of at least 4 members (excludes halogenated alkanes) is 1. The van der Waals surface area contributed by atoms with Crippen LogP contribution in [0.3, 0.4) is 0 Å². The molecule has 3 amide bonds. The second-order valence-electron chi connectivity index (χ2n) is 9.69. The lowest BCUT2D eigenvalue weighted by molar-refractivity contribution is -0.115. The molecule has 0 aliphatic carbocycles. The molecule has 0 saturated heterocycles. The van der Waals surface area contributed by atoms with E-state index in [1.165, 1.54) is 24.1 Å². The molecule has 1 heterocycles. The first kappa shape index (κ1) is 31.8. The Hall–Kier alpha value is -5.09. The second kappa shape index (κ2) is 15.9. The van der Waals surface area contributed by atoms with Gasteiger partial charge in [-0.3, -0.25) is 14.4 Å². The number of furan rings is 1. The molecule has 10 heteroatoms. The summed E-state index contributed by atoms with van der Waals surface area (Å²) in [4.78, 5) is 51.8. The van der Waals surface area contributed by atoms with Gasteiger partial charge in [-0.15, -0.1) is 11.8 Å². The Morgan fingerprint density at radius 3 is 2.34 bits per heavy atom. The van der Waals surface area contributed by atoms with E-state index in [0.29, 0.717) is 34.9 Å². The predicted molar refractivity (Wildman–Crippen MR) is 171 cm³/mol. The summed E-state index contributed by atoms with van der Waals surface area (Å²) in [6.45, 7) is 4.17. The number of rotatable bonds is 13. The third kappa shape index (κ3) is 9.47. The van der Waals surface area contributed by atoms with E-state index in [2.05, 4.69) is 16.0 Å². The highest BCUT2D eigenvalue weighted by atomic mass is 32.2. The van der Waals surface area contributed by atoms with Crippen LogP contribution < -0.4 is 16.0 Å². The molecule has 0 bridgehead atoms. The monoisotopic (exact) mass is 611 g/mol. The van der Waals surface area contributed by atoms with Gasteiger partial charge in [0.05, 0.1) is 23.7 Å². The first-order chi connectivity index (χ1) is 21.3. The number of nitrogens with one attached hydrogen (secondary N) is 3. The van der Waals surface area contributed by atoms with Gasteiger partial charge in [-0.25, -0.2) is 4.79 Å². The van der Waals surface area contributed by atoms with Crippen molar-refractivity contribution in [3.63, 3.8) is 0 Å². The Labute approximate surface area is 260 Å². The minimum Gasteiger partial charge on any atom is -0.465 e. The van der Waals surface area contributed by atoms with Gasteiger partial charge in [0.1, 0.15) is 11.5 Å². The summed E-state index contributed by atoms with van der Waals surface area (Å²) >= 11 is 1.31. The van der Waals surface area contributed by atoms with Crippen molar-refractivity contribution in [3.8, 4) is 0 Å². The van der Waals surface area contributed by atoms with E-state index in [9.17, 15) is 19.2 Å². The van der Waals surface area contributed by atoms with Crippen molar-refractivity contribution in [3.05, 3.63) is 120 Å². The molecule has 1 aromatic heterocycles. The molecule has 4 aromatic rings. The molecule has 226 valence electrons. The summed E-state index contributed by atoms with van der Waals surface area (Å²) in [5, 5.41) is 7.86. The maximum Gasteiger partial charge on any atom is 0.338 e. The van der Waals surface area contributed by atoms with Gasteiger partial charge in [-0.05, 0) is 80.1 Å². The zero-order chi connectivity index (χ0) is 31.3. The van der Waals surface area contributed by atoms with Crippen molar-refractivity contribution in [2.24, 2.45) is 0 Å². The van der Waals surface area contributed by atoms with Gasteiger partial charge in [-0.2, -0.15) is 0 Å². The van der Waals surface area contributed by atoms with E-state index in [4.69, 9.17) is 9.15 Å². The minimum absolute atomic E-state index is 0.000143. The number of ether oxygens (including phenoxy) is 1. The van der Waals surface area contributed by atoms with Crippen molar-refractivity contribution in [2.75, 3.05) is 17.2 Å². The molecule has 1 unspecified atom stereocenters. The zero-order valence-corrected chi connectivity index (χ0v) is 25.2. The maximum atomic E-state index is 13.2. The normalized spacial score (nSPS) is 11.7. The highest BCUT2D eigenvalue weighted by Gasteiger charge is 2.18. The Morgan fingerprint density at radius 1 is 0.864 bits per heavy atom. The van der Waals surface area contributed by atoms with Crippen LogP contribution in [0, 0.1) is 0 Å². The largest absolute Gasteiger partial charge is 0.465 e. The first-order valence-corrected chi connectivity index (χ1v) is 15.0. The highest BCUT2D eigenvalue weighted by molar-refractivity contribution is 8.00. The summed E-state index contributed by atoms with van der Waals surface area (Å²) in [6.07, 6.45) is 4.66. The molecule has 9 nitrogen and oxygen atoms in total. The molecule has 0 aliphatic rings. The number of amides is 3. The zero-order valence-electron chi connectivity index (χ0n) is 24.4. The van der Waals surface area contributed by atoms with Gasteiger partial charge in [0.2, 0.25) is 5.91 Å². The summed E-state index contributed by atoms with van der Waals surface area (Å²) in [7, 11) is 0. The number of carbonyl (C=O) groups excluding carboxylic acids is 4. The molecule has 3 aromatic carbocycles. The van der Waals surface area contributed by atoms with E-state index < -0.39 is 23.0 Å². The molecule has 0 aliphatic heterocycles. The third-order valence-corrected chi connectivity index (χ3v) is 7.35. The molecule has 1 atom stereocenters. The highest BCUT2D eigenvalue weighted by Crippen LogP contribution is 2.27. The van der Waals surface area contributed by atoms with Crippen LogP contribution >= 0.6 is 11.8 Å². The smallest absolute Gasteiger partial charge is 0.338 e. The molecule has 0 saturated carbocycles. The van der Waals surface area contributed by atoms with Crippen LogP contribution in [0.5, 0.6) is 0 Å². The number of benzene rings is 3. The van der Waals surface area contributed by atoms with Crippen LogP contribution in [-0.4, -0.2) is 35.5 Å². The lowest BCUT2D eigenvalue weighted by Gasteiger charge is -2.14. The number of carbonyl (C=O) groups is 4. The number of anilines is 2. The van der Waals surface area contributed by atoms with Crippen LogP contribution in [0.15, 0.2) is 112 Å². The minimum atomic E-state index is -0.545. The number of hydrogen-bond donors (Lipinski definition) is 3. The molecule has 0 fully saturated rings. The Balaban J connectivity index is 1.37. The fourth-order valence-corrected chi connectivity index (χ4v) is 4.81. The molecular weight excluding hydrogens is 578 g/mol. The van der Waals surface area contributed by atoms with E-state index >= 15 is 0 Å². The maximum absolute atomic E-state index is 13.2. The molecule has 0 spiro atoms. The van der Waals surface area contributed by atoms with E-state index in [-0.39, 0.29) is 11.6 Å². The fraction of sp³-hybridized carbons (Fsp3) is 0.176. The van der Waals surface area contributed by atoms with Gasteiger partial charge >= 0.3 is 5.97 Å². The topological polar surface area (TPSA) is 127 Å². The fourth-order valence-electron chi connectivity index (χ4n) is 3.89. The van der Waals surface area contributed by atoms with Crippen LogP contribution in [0.2, 0.25) is 0 Å². The van der Waals surface area contributed by atoms with Crippen molar-refractivity contribution >= 4 is 52.9 Å². The first-order valence-electron chi connectivity index (χ1n) is 14.1. The number of thioether (sulfide) groups is 1. The van der Waals surface area contributed by atoms with E-state index in [1.54, 1.807) is 91.9 Å². The van der Waals surface area contributed by atoms with Crippen molar-refractivity contribution in [1.29, 1.82) is 0 Å². The van der Waals surface area contributed by atoms with Gasteiger partial charge in [0.25, 0.3) is 11.8 Å². The molecular formula is C34H33N3O6S. The molecule has 44 heavy (non-hydrogen) atoms. The molecule has 4 rings (SSSR count). The van der Waals surface area contributed by atoms with Crippen LogP contribution in [0.25, 0.3) is 6.08 Å². The molecule has 3 N–H and O–H groups in total. The van der Waals surface area contributed by atoms with Crippen molar-refractivity contribution < 1.29 is 28.3 Å². The predicted octanol–water partition coefficient (Wildman–Crippen LogP) is 6.77. The van der Waals surface area contributed by atoms with E-state index in [1.807, 2.05) is 13.0 Å². The number of esters is 1. The lowest BCUT2D eigenvalue weighted by atomic mass is 10.2. The Bertz CT molecular complexity index is 1600. The van der Waals surface area contributed by atoms with Crippen LogP contribution in [0.1, 0.15) is 53.2 Å². The Morgan fingerprint density at radius 2 is 1.64 bits per heavy atom. The second-order valence-corrected chi connectivity index (χ2v) is 11.1. The van der Waals surface area contributed by atoms with Gasteiger partial charge in [-0.1, -0.05) is 37.6 Å². The van der Waals surface area contributed by atoms with Gasteiger partial charge < -0.3 is 25.1 Å². The van der Waals surface area contributed by atoms with Crippen LogP contribution in [0.4, 0.5) is 11.4 Å². The number of hydrogen-bond acceptors (Lipinski definition) is 7. The average Bonchev–Trinajstić information content (AvgIpc) is 3.55. The van der Waals surface area contributed by atoms with E-state index in [0.717, 1.165) is 17.7 Å². The van der Waals surface area contributed by atoms with Crippen molar-refractivity contribution in [2.45, 2.75) is 36.8 Å². The standard InChI is InChI=1S/C34H33N3O6S/c1-3-4-19-43-34(41)25-15-17-26(18-16-25)35-31(38)23(2)44-29-14-8-12-27(21-29)36-33(40)30(22-28-13-9-20-42-28)37-32(39)24-10-6-5-7-11-24/h5-18,20-23H,3-4,19H2,1-2H3,(H,35,38)(H,36,40)(H,37,39)/b30-22-.